The molecule has 0 radical (unpaired) electrons. The minimum absolute atomic E-state index is 0.0316. The second kappa shape index (κ2) is 6.47. The van der Waals surface area contributed by atoms with Crippen molar-refractivity contribution < 1.29 is 9.59 Å². The molecule has 1 atom stereocenters. The first-order valence-electron chi connectivity index (χ1n) is 7.57. The van der Waals surface area contributed by atoms with E-state index in [-0.39, 0.29) is 17.9 Å². The zero-order chi connectivity index (χ0) is 15.7. The van der Waals surface area contributed by atoms with Gasteiger partial charge in [-0.25, -0.2) is 0 Å². The molecular weight excluding hydrogens is 323 g/mol. The van der Waals surface area contributed by atoms with E-state index in [0.29, 0.717) is 36.0 Å². The molecule has 0 aliphatic carbocycles. The highest BCUT2D eigenvalue weighted by Gasteiger charge is 2.26. The molecule has 2 heterocycles. The molecule has 0 spiro atoms. The van der Waals surface area contributed by atoms with Gasteiger partial charge in [-0.3, -0.25) is 9.59 Å². The summed E-state index contributed by atoms with van der Waals surface area (Å²) in [6, 6.07) is 3.61. The normalized spacial score (nSPS) is 21.3. The summed E-state index contributed by atoms with van der Waals surface area (Å²) in [4.78, 5) is 25.7. The lowest BCUT2D eigenvalue weighted by atomic mass is 9.97. The van der Waals surface area contributed by atoms with Crippen molar-refractivity contribution in [3.63, 3.8) is 0 Å². The zero-order valence-corrected chi connectivity index (χ0v) is 13.7. The van der Waals surface area contributed by atoms with Crippen LogP contribution in [-0.2, 0) is 22.6 Å². The molecule has 22 heavy (non-hydrogen) atoms. The molecule has 3 rings (SSSR count). The minimum Gasteiger partial charge on any atom is -0.353 e. The van der Waals surface area contributed by atoms with E-state index >= 15 is 0 Å². The highest BCUT2D eigenvalue weighted by atomic mass is 35.5. The number of nitrogens with zero attached hydrogens (tertiary/aromatic N) is 1. The number of hydrogen-bond donors (Lipinski definition) is 1. The van der Waals surface area contributed by atoms with E-state index in [9.17, 15) is 9.59 Å². The molecule has 1 aromatic carbocycles. The monoisotopic (exact) mass is 340 g/mol. The van der Waals surface area contributed by atoms with Crippen molar-refractivity contribution in [3.8, 4) is 0 Å². The Morgan fingerprint density at radius 3 is 2.91 bits per heavy atom. The van der Waals surface area contributed by atoms with Gasteiger partial charge in [0.25, 0.3) is 0 Å². The van der Waals surface area contributed by atoms with Crippen molar-refractivity contribution in [3.05, 3.63) is 33.3 Å². The lowest BCUT2D eigenvalue weighted by Crippen LogP contribution is -2.44. The lowest BCUT2D eigenvalue weighted by molar-refractivity contribution is -0.133. The molecule has 1 fully saturated rings. The Kier molecular flexibility index (Phi) is 4.59. The summed E-state index contributed by atoms with van der Waals surface area (Å²) in [5, 5.41) is 4.14. The standard InChI is InChI=1S/C16H18Cl2N2O2/c17-11-6-10-4-5-20(9-13(10)14(18)7-11)16(22)8-12-2-1-3-15(21)19-12/h6-7,12H,1-5,8-9H2,(H,19,21). The van der Waals surface area contributed by atoms with Gasteiger partial charge in [-0.05, 0) is 42.5 Å². The minimum atomic E-state index is -0.0316. The summed E-state index contributed by atoms with van der Waals surface area (Å²) in [7, 11) is 0. The second-order valence-electron chi connectivity index (χ2n) is 5.95. The summed E-state index contributed by atoms with van der Waals surface area (Å²) >= 11 is 12.3. The molecule has 6 heteroatoms. The fourth-order valence-corrected chi connectivity index (χ4v) is 3.76. The molecule has 4 nitrogen and oxygen atoms in total. The number of rotatable bonds is 2. The summed E-state index contributed by atoms with van der Waals surface area (Å²) in [5.74, 6) is 0.120. The first-order chi connectivity index (χ1) is 10.5. The highest BCUT2D eigenvalue weighted by Crippen LogP contribution is 2.30. The third-order valence-electron chi connectivity index (χ3n) is 4.35. The molecule has 0 aromatic heterocycles. The number of carbonyl (C=O) groups is 2. The van der Waals surface area contributed by atoms with Gasteiger partial charge in [-0.1, -0.05) is 23.2 Å². The van der Waals surface area contributed by atoms with Gasteiger partial charge in [0.1, 0.15) is 0 Å². The van der Waals surface area contributed by atoms with Crippen LogP contribution >= 0.6 is 23.2 Å². The van der Waals surface area contributed by atoms with Crippen LogP contribution in [0.3, 0.4) is 0 Å². The smallest absolute Gasteiger partial charge is 0.224 e. The van der Waals surface area contributed by atoms with Crippen molar-refractivity contribution in [1.29, 1.82) is 0 Å². The van der Waals surface area contributed by atoms with Crippen molar-refractivity contribution in [2.45, 2.75) is 44.7 Å². The van der Waals surface area contributed by atoms with Crippen molar-refractivity contribution in [2.75, 3.05) is 6.54 Å². The SMILES string of the molecule is O=C1CCCC(CC(=O)N2CCc3cc(Cl)cc(Cl)c3C2)N1. The zero-order valence-electron chi connectivity index (χ0n) is 12.2. The number of benzene rings is 1. The van der Waals surface area contributed by atoms with E-state index < -0.39 is 0 Å². The van der Waals surface area contributed by atoms with Gasteiger partial charge in [0.05, 0.1) is 0 Å². The summed E-state index contributed by atoms with van der Waals surface area (Å²) in [5.41, 5.74) is 2.10. The Balaban J connectivity index is 1.66. The van der Waals surface area contributed by atoms with Crippen LogP contribution in [0.4, 0.5) is 0 Å². The Morgan fingerprint density at radius 1 is 1.32 bits per heavy atom. The van der Waals surface area contributed by atoms with Crippen LogP contribution in [-0.4, -0.2) is 29.3 Å². The maximum absolute atomic E-state index is 12.5. The predicted molar refractivity (Wildman–Crippen MR) is 86.0 cm³/mol. The van der Waals surface area contributed by atoms with Crippen molar-refractivity contribution in [1.82, 2.24) is 10.2 Å². The number of carbonyl (C=O) groups excluding carboxylic acids is 2. The number of hydrogen-bond acceptors (Lipinski definition) is 2. The van der Waals surface area contributed by atoms with E-state index in [4.69, 9.17) is 23.2 Å². The van der Waals surface area contributed by atoms with E-state index in [1.807, 2.05) is 11.0 Å². The third kappa shape index (κ3) is 3.39. The maximum Gasteiger partial charge on any atom is 0.224 e. The predicted octanol–water partition coefficient (Wildman–Crippen LogP) is 2.94. The van der Waals surface area contributed by atoms with Gasteiger partial charge >= 0.3 is 0 Å². The van der Waals surface area contributed by atoms with Gasteiger partial charge in [-0.2, -0.15) is 0 Å². The average molecular weight is 341 g/mol. The number of fused-ring (bicyclic) bond motifs is 1. The molecule has 1 unspecified atom stereocenters. The van der Waals surface area contributed by atoms with Gasteiger partial charge in [0.2, 0.25) is 11.8 Å². The molecule has 1 N–H and O–H groups in total. The average Bonchev–Trinajstić information content (AvgIpc) is 2.46. The second-order valence-corrected chi connectivity index (χ2v) is 6.80. The molecule has 118 valence electrons. The van der Waals surface area contributed by atoms with Crippen LogP contribution in [0.1, 0.15) is 36.8 Å². The Hall–Kier alpha value is -1.26. The molecular formula is C16H18Cl2N2O2. The first kappa shape index (κ1) is 15.6. The summed E-state index contributed by atoms with van der Waals surface area (Å²) in [6.07, 6.45) is 3.43. The number of nitrogens with one attached hydrogen (secondary N) is 1. The molecule has 2 aliphatic rings. The van der Waals surface area contributed by atoms with Crippen LogP contribution in [0.25, 0.3) is 0 Å². The maximum atomic E-state index is 12.5. The molecule has 2 aliphatic heterocycles. The molecule has 2 amide bonds. The van der Waals surface area contributed by atoms with E-state index in [0.717, 1.165) is 30.4 Å². The van der Waals surface area contributed by atoms with E-state index in [2.05, 4.69) is 5.32 Å². The Morgan fingerprint density at radius 2 is 2.14 bits per heavy atom. The first-order valence-corrected chi connectivity index (χ1v) is 8.32. The van der Waals surface area contributed by atoms with Crippen LogP contribution in [0, 0.1) is 0 Å². The third-order valence-corrected chi connectivity index (χ3v) is 4.90. The van der Waals surface area contributed by atoms with Gasteiger partial charge in [0.15, 0.2) is 0 Å². The molecule has 1 saturated heterocycles. The van der Waals surface area contributed by atoms with Crippen molar-refractivity contribution in [2.24, 2.45) is 0 Å². The number of halogens is 2. The van der Waals surface area contributed by atoms with E-state index in [1.165, 1.54) is 0 Å². The fourth-order valence-electron chi connectivity index (χ4n) is 3.17. The molecule has 1 aromatic rings. The number of amides is 2. The van der Waals surface area contributed by atoms with Gasteiger partial charge in [-0.15, -0.1) is 0 Å². The van der Waals surface area contributed by atoms with Crippen molar-refractivity contribution >= 4 is 35.0 Å². The highest BCUT2D eigenvalue weighted by molar-refractivity contribution is 6.35. The Bertz CT molecular complexity index is 618. The number of piperidine rings is 1. The molecule has 0 bridgehead atoms. The fraction of sp³-hybridized carbons (Fsp3) is 0.500. The molecule has 0 saturated carbocycles. The summed E-state index contributed by atoms with van der Waals surface area (Å²) in [6.45, 7) is 1.19. The van der Waals surface area contributed by atoms with Crippen LogP contribution < -0.4 is 5.32 Å². The van der Waals surface area contributed by atoms with Gasteiger partial charge < -0.3 is 10.2 Å². The van der Waals surface area contributed by atoms with Crippen LogP contribution in [0.2, 0.25) is 10.0 Å². The van der Waals surface area contributed by atoms with E-state index in [1.54, 1.807) is 6.07 Å². The largest absolute Gasteiger partial charge is 0.353 e. The van der Waals surface area contributed by atoms with Gasteiger partial charge in [0, 0.05) is 42.0 Å². The Labute approximate surface area is 139 Å². The quantitative estimate of drug-likeness (QED) is 0.899. The van der Waals surface area contributed by atoms with Crippen LogP contribution in [0.5, 0.6) is 0 Å². The lowest BCUT2D eigenvalue weighted by Gasteiger charge is -2.31. The summed E-state index contributed by atoms with van der Waals surface area (Å²) < 4.78 is 0. The van der Waals surface area contributed by atoms with Crippen LogP contribution in [0.15, 0.2) is 12.1 Å². The topological polar surface area (TPSA) is 49.4 Å².